The number of halogens is 2. The summed E-state index contributed by atoms with van der Waals surface area (Å²) in [6, 6.07) is 39.7. The first kappa shape index (κ1) is 23.2. The minimum atomic E-state index is -3.13. The van der Waals surface area contributed by atoms with Crippen molar-refractivity contribution in [3.63, 3.8) is 0 Å². The van der Waals surface area contributed by atoms with Crippen molar-refractivity contribution in [3.8, 4) is 22.3 Å². The van der Waals surface area contributed by atoms with Gasteiger partial charge in [-0.1, -0.05) is 115 Å². The molecular formula is C34H23F2N3. The Morgan fingerprint density at radius 2 is 1.00 bits per heavy atom. The van der Waals surface area contributed by atoms with Crippen molar-refractivity contribution >= 4 is 11.7 Å². The molecule has 0 saturated carbocycles. The maximum Gasteiger partial charge on any atom is 0.299 e. The average molecular weight is 512 g/mol. The van der Waals surface area contributed by atoms with Gasteiger partial charge in [0.15, 0.2) is 6.17 Å². The highest BCUT2D eigenvalue weighted by Gasteiger charge is 2.45. The number of nitrogens with zero attached hydrogens (tertiary/aromatic N) is 2. The fourth-order valence-corrected chi connectivity index (χ4v) is 5.29. The van der Waals surface area contributed by atoms with Crippen LogP contribution in [0.15, 0.2) is 137 Å². The highest BCUT2D eigenvalue weighted by molar-refractivity contribution is 6.16. The lowest BCUT2D eigenvalue weighted by atomic mass is 9.98. The molecule has 0 saturated heterocycles. The zero-order valence-corrected chi connectivity index (χ0v) is 20.9. The highest BCUT2D eigenvalue weighted by atomic mass is 19.3. The van der Waals surface area contributed by atoms with Crippen LogP contribution in [-0.4, -0.2) is 11.7 Å². The summed E-state index contributed by atoms with van der Waals surface area (Å²) in [4.78, 5) is 9.69. The maximum atomic E-state index is 16.0. The predicted octanol–water partition coefficient (Wildman–Crippen LogP) is 7.97. The highest BCUT2D eigenvalue weighted by Crippen LogP contribution is 2.52. The van der Waals surface area contributed by atoms with Gasteiger partial charge in [-0.2, -0.15) is 8.78 Å². The second-order valence-corrected chi connectivity index (χ2v) is 9.69. The Hall–Kier alpha value is -4.90. The van der Waals surface area contributed by atoms with Gasteiger partial charge in [0.25, 0.3) is 5.92 Å². The number of nitrogens with one attached hydrogen (secondary N) is 1. The molecule has 0 bridgehead atoms. The molecule has 0 radical (unpaired) electrons. The third kappa shape index (κ3) is 4.03. The van der Waals surface area contributed by atoms with E-state index in [9.17, 15) is 0 Å². The van der Waals surface area contributed by atoms with Crippen molar-refractivity contribution in [3.05, 3.63) is 155 Å². The van der Waals surface area contributed by atoms with Gasteiger partial charge in [0.1, 0.15) is 11.7 Å². The molecule has 0 fully saturated rings. The summed E-state index contributed by atoms with van der Waals surface area (Å²) in [5.74, 6) is -1.97. The average Bonchev–Trinajstić information content (AvgIpc) is 3.23. The molecule has 0 aromatic heterocycles. The topological polar surface area (TPSA) is 36.8 Å². The SMILES string of the molecule is FC1(F)c2cc(C3=NC(c4ccccc4)N=C(c4ccccc4)N3)ccc2-c2ccc(-c3ccccc3)cc21. The van der Waals surface area contributed by atoms with Crippen LogP contribution in [0, 0.1) is 0 Å². The number of aliphatic imine (C=N–C) groups is 2. The Morgan fingerprint density at radius 1 is 0.513 bits per heavy atom. The van der Waals surface area contributed by atoms with Gasteiger partial charge in [0.2, 0.25) is 0 Å². The van der Waals surface area contributed by atoms with Gasteiger partial charge in [-0.25, -0.2) is 9.98 Å². The number of benzene rings is 5. The van der Waals surface area contributed by atoms with Gasteiger partial charge in [0.05, 0.1) is 0 Å². The largest absolute Gasteiger partial charge is 0.324 e. The minimum absolute atomic E-state index is 0.00949. The van der Waals surface area contributed by atoms with E-state index in [0.717, 1.165) is 22.3 Å². The molecule has 1 aliphatic carbocycles. The van der Waals surface area contributed by atoms with E-state index in [-0.39, 0.29) is 11.1 Å². The van der Waals surface area contributed by atoms with Crippen LogP contribution in [0.4, 0.5) is 8.78 Å². The summed E-state index contributed by atoms with van der Waals surface area (Å²) < 4.78 is 31.9. The van der Waals surface area contributed by atoms with Gasteiger partial charge >= 0.3 is 0 Å². The van der Waals surface area contributed by atoms with E-state index in [1.807, 2.05) is 103 Å². The van der Waals surface area contributed by atoms with E-state index in [1.165, 1.54) is 0 Å². The van der Waals surface area contributed by atoms with Crippen LogP contribution in [0.1, 0.15) is 34.0 Å². The number of fused-ring (bicyclic) bond motifs is 3. The summed E-state index contributed by atoms with van der Waals surface area (Å²) in [7, 11) is 0. The quantitative estimate of drug-likeness (QED) is 0.261. The van der Waals surface area contributed by atoms with E-state index in [4.69, 9.17) is 9.98 Å². The normalized spacial score (nSPS) is 16.9. The number of hydrogen-bond acceptors (Lipinski definition) is 3. The minimum Gasteiger partial charge on any atom is -0.324 e. The van der Waals surface area contributed by atoms with E-state index in [0.29, 0.717) is 28.4 Å². The van der Waals surface area contributed by atoms with Gasteiger partial charge in [-0.3, -0.25) is 0 Å². The first-order valence-corrected chi connectivity index (χ1v) is 12.8. The molecule has 1 aliphatic heterocycles. The molecule has 1 unspecified atom stereocenters. The Kier molecular flexibility index (Phi) is 5.44. The fourth-order valence-electron chi connectivity index (χ4n) is 5.29. The zero-order chi connectivity index (χ0) is 26.4. The summed E-state index contributed by atoms with van der Waals surface area (Å²) >= 11 is 0. The van der Waals surface area contributed by atoms with Crippen LogP contribution >= 0.6 is 0 Å². The second kappa shape index (κ2) is 9.14. The monoisotopic (exact) mass is 511 g/mol. The molecular weight excluding hydrogens is 488 g/mol. The lowest BCUT2D eigenvalue weighted by molar-refractivity contribution is 0.0480. The standard InChI is InChI=1S/C34H23F2N3/c35-34(36)29-20-25(22-10-4-1-5-11-22)16-18-27(29)28-19-17-26(21-30(28)34)33-38-31(23-12-6-2-7-13-23)37-32(39-33)24-14-8-3-9-15-24/h1-21,31H,(H,37,38,39). The molecule has 7 rings (SSSR count). The van der Waals surface area contributed by atoms with Gasteiger partial charge < -0.3 is 5.32 Å². The van der Waals surface area contributed by atoms with E-state index in [2.05, 4.69) is 5.32 Å². The fraction of sp³-hybridized carbons (Fsp3) is 0.0588. The van der Waals surface area contributed by atoms with E-state index < -0.39 is 12.1 Å². The Bertz CT molecular complexity index is 1740. The summed E-state index contributed by atoms with van der Waals surface area (Å²) in [5.41, 5.74) is 5.24. The van der Waals surface area contributed by atoms with Crippen molar-refractivity contribution in [2.45, 2.75) is 12.1 Å². The molecule has 1 heterocycles. The number of hydrogen-bond donors (Lipinski definition) is 1. The van der Waals surface area contributed by atoms with Gasteiger partial charge in [0, 0.05) is 22.3 Å². The molecule has 3 nitrogen and oxygen atoms in total. The van der Waals surface area contributed by atoms with Gasteiger partial charge in [-0.15, -0.1) is 0 Å². The van der Waals surface area contributed by atoms with Crippen LogP contribution in [0.25, 0.3) is 22.3 Å². The Labute approximate surface area is 225 Å². The summed E-state index contributed by atoms with van der Waals surface area (Å²) in [5, 5.41) is 3.31. The van der Waals surface area contributed by atoms with E-state index in [1.54, 1.807) is 24.3 Å². The van der Waals surface area contributed by atoms with Crippen LogP contribution in [0.5, 0.6) is 0 Å². The summed E-state index contributed by atoms with van der Waals surface area (Å²) in [6.07, 6.45) is -0.489. The third-order valence-corrected chi connectivity index (χ3v) is 7.27. The number of amidine groups is 2. The number of rotatable bonds is 4. The van der Waals surface area contributed by atoms with Crippen molar-refractivity contribution in [1.82, 2.24) is 5.32 Å². The van der Waals surface area contributed by atoms with Crippen LogP contribution < -0.4 is 5.32 Å². The van der Waals surface area contributed by atoms with Crippen molar-refractivity contribution in [1.29, 1.82) is 0 Å². The molecule has 188 valence electrons. The predicted molar refractivity (Wildman–Crippen MR) is 152 cm³/mol. The summed E-state index contributed by atoms with van der Waals surface area (Å²) in [6.45, 7) is 0. The van der Waals surface area contributed by atoms with Crippen molar-refractivity contribution < 1.29 is 8.78 Å². The molecule has 5 aromatic rings. The molecule has 1 N–H and O–H groups in total. The Morgan fingerprint density at radius 3 is 1.62 bits per heavy atom. The third-order valence-electron chi connectivity index (χ3n) is 7.27. The number of alkyl halides is 2. The first-order chi connectivity index (χ1) is 19.1. The molecule has 2 aliphatic rings. The molecule has 1 atom stereocenters. The molecule has 39 heavy (non-hydrogen) atoms. The van der Waals surface area contributed by atoms with Gasteiger partial charge in [-0.05, 0) is 39.9 Å². The molecule has 0 amide bonds. The second-order valence-electron chi connectivity index (χ2n) is 9.69. The van der Waals surface area contributed by atoms with Crippen LogP contribution in [0.3, 0.4) is 0 Å². The smallest absolute Gasteiger partial charge is 0.299 e. The first-order valence-electron chi connectivity index (χ1n) is 12.8. The lowest BCUT2D eigenvalue weighted by Gasteiger charge is -2.23. The zero-order valence-electron chi connectivity index (χ0n) is 20.9. The van der Waals surface area contributed by atoms with E-state index >= 15 is 8.78 Å². The molecule has 5 aromatic carbocycles. The maximum absolute atomic E-state index is 16.0. The van der Waals surface area contributed by atoms with Crippen molar-refractivity contribution in [2.24, 2.45) is 9.98 Å². The molecule has 5 heteroatoms. The van der Waals surface area contributed by atoms with Crippen molar-refractivity contribution in [2.75, 3.05) is 0 Å². The molecule has 0 spiro atoms. The van der Waals surface area contributed by atoms with Crippen LogP contribution in [0.2, 0.25) is 0 Å². The Balaban J connectivity index is 1.30. The van der Waals surface area contributed by atoms with Crippen LogP contribution in [-0.2, 0) is 5.92 Å². The lowest BCUT2D eigenvalue weighted by Crippen LogP contribution is -2.36.